The van der Waals surface area contributed by atoms with E-state index in [-0.39, 0.29) is 6.03 Å². The maximum absolute atomic E-state index is 12.5. The fraction of sp³-hybridized carbons (Fsp3) is 0.400. The van der Waals surface area contributed by atoms with Crippen LogP contribution in [0.15, 0.2) is 54.9 Å². The Morgan fingerprint density at radius 2 is 1.96 bits per heavy atom. The van der Waals surface area contributed by atoms with E-state index in [1.165, 1.54) is 11.1 Å². The number of nitrogens with one attached hydrogen (secondary N) is 1. The predicted octanol–water partition coefficient (Wildman–Crippen LogP) is 3.21. The van der Waals surface area contributed by atoms with E-state index < -0.39 is 0 Å². The highest BCUT2D eigenvalue weighted by molar-refractivity contribution is 5.75. The first-order valence-corrected chi connectivity index (χ1v) is 8.79. The highest BCUT2D eigenvalue weighted by Gasteiger charge is 2.40. The highest BCUT2D eigenvalue weighted by atomic mass is 16.2. The van der Waals surface area contributed by atoms with Gasteiger partial charge in [-0.2, -0.15) is 0 Å². The molecule has 1 aliphatic heterocycles. The second-order valence-corrected chi connectivity index (χ2v) is 6.97. The maximum atomic E-state index is 12.5. The van der Waals surface area contributed by atoms with Gasteiger partial charge >= 0.3 is 6.03 Å². The van der Waals surface area contributed by atoms with E-state index in [0.717, 1.165) is 32.4 Å². The minimum atomic E-state index is 0.107. The Morgan fingerprint density at radius 1 is 1.17 bits per heavy atom. The summed E-state index contributed by atoms with van der Waals surface area (Å²) >= 11 is 0. The summed E-state index contributed by atoms with van der Waals surface area (Å²) in [6.45, 7) is 1.72. The summed E-state index contributed by atoms with van der Waals surface area (Å²) in [5.41, 5.74) is 2.64. The smallest absolute Gasteiger partial charge is 0.317 e. The van der Waals surface area contributed by atoms with E-state index >= 15 is 0 Å². The molecule has 0 spiro atoms. The van der Waals surface area contributed by atoms with Gasteiger partial charge in [-0.25, -0.2) is 4.79 Å². The third-order valence-electron chi connectivity index (χ3n) is 5.17. The van der Waals surface area contributed by atoms with Crippen LogP contribution >= 0.6 is 0 Å². The van der Waals surface area contributed by atoms with Gasteiger partial charge in [0, 0.05) is 37.4 Å². The lowest BCUT2D eigenvalue weighted by Crippen LogP contribution is -2.40. The van der Waals surface area contributed by atoms with Gasteiger partial charge in [0.15, 0.2) is 0 Å². The van der Waals surface area contributed by atoms with E-state index in [0.29, 0.717) is 17.9 Å². The van der Waals surface area contributed by atoms with E-state index in [1.54, 1.807) is 0 Å². The number of urea groups is 1. The molecule has 2 aromatic rings. The van der Waals surface area contributed by atoms with Crippen molar-refractivity contribution in [2.45, 2.75) is 31.2 Å². The van der Waals surface area contributed by atoms with Crippen molar-refractivity contribution in [1.82, 2.24) is 15.2 Å². The zero-order chi connectivity index (χ0) is 16.4. The second-order valence-electron chi connectivity index (χ2n) is 6.97. The summed E-state index contributed by atoms with van der Waals surface area (Å²) in [6.07, 6.45) is 6.85. The van der Waals surface area contributed by atoms with E-state index in [1.807, 2.05) is 23.4 Å². The van der Waals surface area contributed by atoms with Crippen LogP contribution in [0.2, 0.25) is 0 Å². The Balaban J connectivity index is 1.26. The minimum absolute atomic E-state index is 0.107. The number of likely N-dealkylation sites (tertiary alicyclic amines) is 1. The average molecular weight is 321 g/mol. The number of benzene rings is 1. The number of carbonyl (C=O) groups is 1. The van der Waals surface area contributed by atoms with E-state index in [4.69, 9.17) is 0 Å². The molecule has 124 valence electrons. The van der Waals surface area contributed by atoms with Gasteiger partial charge < -0.3 is 10.2 Å². The van der Waals surface area contributed by atoms with Crippen molar-refractivity contribution in [2.24, 2.45) is 5.92 Å². The maximum Gasteiger partial charge on any atom is 0.317 e. The zero-order valence-electron chi connectivity index (χ0n) is 13.8. The third kappa shape index (κ3) is 3.42. The summed E-state index contributed by atoms with van der Waals surface area (Å²) < 4.78 is 0. The summed E-state index contributed by atoms with van der Waals surface area (Å²) in [4.78, 5) is 18.5. The zero-order valence-corrected chi connectivity index (χ0v) is 13.8. The van der Waals surface area contributed by atoms with Crippen molar-refractivity contribution >= 4 is 6.03 Å². The summed E-state index contributed by atoms with van der Waals surface area (Å²) in [6, 6.07) is 15.0. The molecule has 2 aliphatic rings. The number of pyridine rings is 1. The van der Waals surface area contributed by atoms with Gasteiger partial charge in [0.2, 0.25) is 0 Å². The fourth-order valence-corrected chi connectivity index (χ4v) is 3.71. The number of hydrogen-bond acceptors (Lipinski definition) is 2. The first-order valence-electron chi connectivity index (χ1n) is 8.79. The second kappa shape index (κ2) is 6.63. The van der Waals surface area contributed by atoms with Crippen LogP contribution in [-0.2, 0) is 6.42 Å². The van der Waals surface area contributed by atoms with Crippen molar-refractivity contribution < 1.29 is 4.79 Å². The largest absolute Gasteiger partial charge is 0.335 e. The van der Waals surface area contributed by atoms with Crippen LogP contribution in [0.4, 0.5) is 4.79 Å². The van der Waals surface area contributed by atoms with Gasteiger partial charge in [-0.3, -0.25) is 4.98 Å². The molecule has 1 aromatic carbocycles. The molecule has 1 aromatic heterocycles. The van der Waals surface area contributed by atoms with Crippen LogP contribution in [0.5, 0.6) is 0 Å². The molecular weight excluding hydrogens is 298 g/mol. The lowest BCUT2D eigenvalue weighted by molar-refractivity contribution is 0.206. The van der Waals surface area contributed by atoms with Crippen LogP contribution in [0.1, 0.15) is 29.9 Å². The van der Waals surface area contributed by atoms with E-state index in [9.17, 15) is 4.79 Å². The molecule has 2 fully saturated rings. The minimum Gasteiger partial charge on any atom is -0.335 e. The number of hydrogen-bond donors (Lipinski definition) is 1. The molecule has 1 saturated carbocycles. The fourth-order valence-electron chi connectivity index (χ4n) is 3.71. The number of nitrogens with zero attached hydrogens (tertiary/aromatic N) is 2. The monoisotopic (exact) mass is 321 g/mol. The SMILES string of the molecule is O=C(NC1CC1c1ccccc1)N1CCC(Cc2ccncc2)C1. The molecule has 4 nitrogen and oxygen atoms in total. The van der Waals surface area contributed by atoms with Crippen LogP contribution in [0.25, 0.3) is 0 Å². The summed E-state index contributed by atoms with van der Waals surface area (Å²) in [7, 11) is 0. The summed E-state index contributed by atoms with van der Waals surface area (Å²) in [5, 5.41) is 3.21. The number of aromatic nitrogens is 1. The van der Waals surface area contributed by atoms with Crippen molar-refractivity contribution in [3.8, 4) is 0 Å². The normalized spacial score (nSPS) is 25.5. The molecule has 3 atom stereocenters. The first kappa shape index (κ1) is 15.2. The van der Waals surface area contributed by atoms with Gasteiger partial charge in [0.25, 0.3) is 0 Å². The standard InChI is InChI=1S/C20H23N3O/c24-20(22-19-13-18(19)17-4-2-1-3-5-17)23-11-8-16(14-23)12-15-6-9-21-10-7-15/h1-7,9-10,16,18-19H,8,11-14H2,(H,22,24). The number of carbonyl (C=O) groups excluding carboxylic acids is 1. The topological polar surface area (TPSA) is 45.2 Å². The molecule has 2 heterocycles. The van der Waals surface area contributed by atoms with Gasteiger partial charge in [0.1, 0.15) is 0 Å². The van der Waals surface area contributed by atoms with Gasteiger partial charge in [-0.1, -0.05) is 30.3 Å². The molecule has 4 heteroatoms. The van der Waals surface area contributed by atoms with Crippen LogP contribution in [-0.4, -0.2) is 35.0 Å². The molecule has 24 heavy (non-hydrogen) atoms. The lowest BCUT2D eigenvalue weighted by atomic mass is 10.00. The lowest BCUT2D eigenvalue weighted by Gasteiger charge is -2.17. The van der Waals surface area contributed by atoms with Crippen LogP contribution in [0, 0.1) is 5.92 Å². The Kier molecular flexibility index (Phi) is 4.20. The molecular formula is C20H23N3O. The molecule has 2 amide bonds. The summed E-state index contributed by atoms with van der Waals surface area (Å²) in [5.74, 6) is 1.05. The predicted molar refractivity (Wildman–Crippen MR) is 93.7 cm³/mol. The Morgan fingerprint density at radius 3 is 2.75 bits per heavy atom. The van der Waals surface area contributed by atoms with Crippen LogP contribution in [0.3, 0.4) is 0 Å². The van der Waals surface area contributed by atoms with Gasteiger partial charge in [0.05, 0.1) is 0 Å². The Hall–Kier alpha value is -2.36. The van der Waals surface area contributed by atoms with Crippen molar-refractivity contribution in [2.75, 3.05) is 13.1 Å². The van der Waals surface area contributed by atoms with Crippen molar-refractivity contribution in [1.29, 1.82) is 0 Å². The third-order valence-corrected chi connectivity index (χ3v) is 5.17. The molecule has 0 radical (unpaired) electrons. The number of amides is 2. The first-order chi connectivity index (χ1) is 11.8. The quantitative estimate of drug-likeness (QED) is 0.940. The van der Waals surface area contributed by atoms with Gasteiger partial charge in [-0.15, -0.1) is 0 Å². The molecule has 3 unspecified atom stereocenters. The van der Waals surface area contributed by atoms with Crippen LogP contribution < -0.4 is 5.32 Å². The highest BCUT2D eigenvalue weighted by Crippen LogP contribution is 2.40. The number of rotatable bonds is 4. The average Bonchev–Trinajstić information content (AvgIpc) is 3.23. The van der Waals surface area contributed by atoms with E-state index in [2.05, 4.69) is 46.7 Å². The molecule has 4 rings (SSSR count). The van der Waals surface area contributed by atoms with Gasteiger partial charge in [-0.05, 0) is 48.4 Å². The molecule has 1 aliphatic carbocycles. The molecule has 0 bridgehead atoms. The molecule has 1 saturated heterocycles. The Bertz CT molecular complexity index is 689. The van der Waals surface area contributed by atoms with Crippen molar-refractivity contribution in [3.63, 3.8) is 0 Å². The van der Waals surface area contributed by atoms with Crippen molar-refractivity contribution in [3.05, 3.63) is 66.0 Å². The molecule has 1 N–H and O–H groups in total. The Labute approximate surface area is 142 Å².